The molecule has 0 unspecified atom stereocenters. The summed E-state index contributed by atoms with van der Waals surface area (Å²) in [7, 11) is 0. The molecular formula is C110H73Br3N4O. The van der Waals surface area contributed by atoms with Crippen molar-refractivity contribution in [3.8, 4) is 66.9 Å². The molecule has 0 aliphatic heterocycles. The summed E-state index contributed by atoms with van der Waals surface area (Å²) in [6.45, 7) is 0. The van der Waals surface area contributed by atoms with Crippen molar-refractivity contribution in [3.63, 3.8) is 0 Å². The molecule has 0 fully saturated rings. The van der Waals surface area contributed by atoms with Gasteiger partial charge in [-0.2, -0.15) is 0 Å². The Morgan fingerprint density at radius 1 is 0.220 bits per heavy atom. The molecular weight excluding hydrogens is 1630 g/mol. The number of anilines is 9. The first-order valence-electron chi connectivity index (χ1n) is 39.6. The molecule has 0 saturated carbocycles. The van der Waals surface area contributed by atoms with Gasteiger partial charge in [-0.1, -0.05) is 333 Å². The summed E-state index contributed by atoms with van der Waals surface area (Å²) < 4.78 is 9.47. The molecule has 22 rings (SSSR count). The summed E-state index contributed by atoms with van der Waals surface area (Å²) in [6, 6.07) is 156. The van der Waals surface area contributed by atoms with Crippen LogP contribution >= 0.6 is 47.8 Å². The Morgan fingerprint density at radius 2 is 0.593 bits per heavy atom. The highest BCUT2D eigenvalue weighted by atomic mass is 79.9. The Balaban J connectivity index is 0.000000115. The van der Waals surface area contributed by atoms with Gasteiger partial charge < -0.3 is 19.1 Å². The molecule has 2 heterocycles. The van der Waals surface area contributed by atoms with Crippen molar-refractivity contribution in [2.75, 3.05) is 14.7 Å². The molecule has 0 N–H and O–H groups in total. The van der Waals surface area contributed by atoms with Gasteiger partial charge in [-0.3, -0.25) is 4.98 Å². The van der Waals surface area contributed by atoms with Crippen LogP contribution in [0.15, 0.2) is 461 Å². The Kier molecular flexibility index (Phi) is 19.7. The van der Waals surface area contributed by atoms with Crippen molar-refractivity contribution in [1.29, 1.82) is 0 Å². The highest BCUT2D eigenvalue weighted by Gasteiger charge is 2.51. The third kappa shape index (κ3) is 13.7. The Bertz CT molecular complexity index is 6940. The Morgan fingerprint density at radius 3 is 1.19 bits per heavy atom. The summed E-state index contributed by atoms with van der Waals surface area (Å²) in [5.41, 5.74) is 31.1. The number of halogens is 3. The van der Waals surface area contributed by atoms with Crippen molar-refractivity contribution in [2.45, 2.75) is 5.41 Å². The molecule has 118 heavy (non-hydrogen) atoms. The maximum absolute atomic E-state index is 6.33. The van der Waals surface area contributed by atoms with Crippen LogP contribution in [0.25, 0.3) is 110 Å². The van der Waals surface area contributed by atoms with E-state index in [0.717, 1.165) is 97.8 Å². The van der Waals surface area contributed by atoms with Gasteiger partial charge in [-0.05, 0) is 240 Å². The van der Waals surface area contributed by atoms with E-state index in [4.69, 9.17) is 9.40 Å². The number of benzene rings is 18. The van der Waals surface area contributed by atoms with Crippen LogP contribution in [0.4, 0.5) is 51.2 Å². The standard InChI is InChI=1S/C43H28BrN.C36H24BrNO.C31H21BrN2/c44-31-22-18-29(19-23-31)30-20-24-33(25-21-30)45(32-10-2-1-3-11-32)34-26-27-38-37-14-6-9-17-41(37)43(42(38)28-34)39-15-7-4-12-35(39)36-13-5-8-16-40(36)43;37-29-17-19-33-34-20-18-32(24-36(34)39-35(33)23-29)38(30-15-7-13-27(21-30)25-9-3-1-4-10-25)31-16-8-14-28(22-31)26-11-5-2-6-12-26;32-24-15-17-25(18-16-24)34(31-14-6-10-23-8-2-4-12-28(23)31)26-19-20-30(33-21-26)29-13-5-9-22-7-1-3-11-27(22)29/h1-28H;1-24H;1-21H. The lowest BCUT2D eigenvalue weighted by atomic mass is 9.70. The fourth-order valence-corrected chi connectivity index (χ4v) is 18.3. The number of hydrogen-bond acceptors (Lipinski definition) is 5. The van der Waals surface area contributed by atoms with Crippen LogP contribution in [-0.2, 0) is 5.41 Å². The first-order valence-corrected chi connectivity index (χ1v) is 42.0. The minimum Gasteiger partial charge on any atom is -0.456 e. The number of pyridine rings is 1. The van der Waals surface area contributed by atoms with Gasteiger partial charge in [0.05, 0.1) is 28.7 Å². The third-order valence-electron chi connectivity index (χ3n) is 22.8. The maximum atomic E-state index is 6.33. The van der Waals surface area contributed by atoms with Gasteiger partial charge in [0.2, 0.25) is 0 Å². The molecule has 560 valence electrons. The minimum atomic E-state index is -0.372. The number of furan rings is 1. The van der Waals surface area contributed by atoms with E-state index in [9.17, 15) is 0 Å². The minimum absolute atomic E-state index is 0.372. The van der Waals surface area contributed by atoms with Crippen LogP contribution in [0.1, 0.15) is 22.3 Å². The van der Waals surface area contributed by atoms with Gasteiger partial charge in [-0.15, -0.1) is 0 Å². The molecule has 2 aliphatic rings. The van der Waals surface area contributed by atoms with Crippen LogP contribution in [0, 0.1) is 0 Å². The summed E-state index contributed by atoms with van der Waals surface area (Å²) in [5, 5.41) is 7.07. The van der Waals surface area contributed by atoms with Gasteiger partial charge in [0.15, 0.2) is 0 Å². The average molecular weight is 1710 g/mol. The molecule has 0 amide bonds. The third-order valence-corrected chi connectivity index (χ3v) is 24.4. The maximum Gasteiger partial charge on any atom is 0.137 e. The largest absolute Gasteiger partial charge is 0.456 e. The molecule has 0 atom stereocenters. The summed E-state index contributed by atoms with van der Waals surface area (Å²) in [6.07, 6.45) is 1.97. The van der Waals surface area contributed by atoms with Gasteiger partial charge >= 0.3 is 0 Å². The highest BCUT2D eigenvalue weighted by molar-refractivity contribution is 9.11. The number of rotatable bonds is 13. The number of fused-ring (bicyclic) bond motifs is 15. The average Bonchev–Trinajstić information content (AvgIpc) is 1.51. The van der Waals surface area contributed by atoms with Crippen molar-refractivity contribution < 1.29 is 4.42 Å². The smallest absolute Gasteiger partial charge is 0.137 e. The molecule has 1 spiro atoms. The van der Waals surface area contributed by atoms with Crippen LogP contribution in [0.3, 0.4) is 0 Å². The molecule has 20 aromatic rings. The fourth-order valence-electron chi connectivity index (χ4n) is 17.5. The molecule has 8 heteroatoms. The first kappa shape index (κ1) is 73.2. The number of aromatic nitrogens is 1. The van der Waals surface area contributed by atoms with Crippen molar-refractivity contribution in [1.82, 2.24) is 4.98 Å². The lowest BCUT2D eigenvalue weighted by Crippen LogP contribution is -2.26. The quantitative estimate of drug-likeness (QED) is 0.115. The molecule has 5 nitrogen and oxygen atoms in total. The van der Waals surface area contributed by atoms with Crippen molar-refractivity contribution >= 4 is 142 Å². The van der Waals surface area contributed by atoms with Crippen LogP contribution in [-0.4, -0.2) is 4.98 Å². The number of nitrogens with zero attached hydrogens (tertiary/aromatic N) is 4. The zero-order valence-corrected chi connectivity index (χ0v) is 68.7. The van der Waals surface area contributed by atoms with E-state index in [0.29, 0.717) is 0 Å². The van der Waals surface area contributed by atoms with E-state index in [-0.39, 0.29) is 5.41 Å². The van der Waals surface area contributed by atoms with Gasteiger partial charge in [0.25, 0.3) is 0 Å². The van der Waals surface area contributed by atoms with Crippen molar-refractivity contribution in [3.05, 3.63) is 479 Å². The normalized spacial score (nSPS) is 11.9. The molecule has 2 aromatic heterocycles. The van der Waals surface area contributed by atoms with E-state index < -0.39 is 0 Å². The molecule has 0 bridgehead atoms. The van der Waals surface area contributed by atoms with E-state index >= 15 is 0 Å². The van der Waals surface area contributed by atoms with Crippen LogP contribution in [0.5, 0.6) is 0 Å². The predicted octanol–water partition coefficient (Wildman–Crippen LogP) is 32.4. The molecule has 0 radical (unpaired) electrons. The van der Waals surface area contributed by atoms with Crippen LogP contribution in [0.2, 0.25) is 0 Å². The fraction of sp³-hybridized carbons (Fsp3) is 0.00909. The highest BCUT2D eigenvalue weighted by Crippen LogP contribution is 2.63. The number of para-hydroxylation sites is 1. The van der Waals surface area contributed by atoms with Gasteiger partial charge in [0.1, 0.15) is 11.2 Å². The second kappa shape index (κ2) is 31.8. The lowest BCUT2D eigenvalue weighted by molar-refractivity contribution is 0.668. The molecule has 0 saturated heterocycles. The van der Waals surface area contributed by atoms with Crippen LogP contribution < -0.4 is 14.7 Å². The number of hydrogen-bond donors (Lipinski definition) is 0. The van der Waals surface area contributed by atoms with Crippen molar-refractivity contribution in [2.24, 2.45) is 0 Å². The van der Waals surface area contributed by atoms with E-state index in [1.807, 2.05) is 12.3 Å². The molecule has 2 aliphatic carbocycles. The Labute approximate surface area is 711 Å². The summed E-state index contributed by atoms with van der Waals surface area (Å²) >= 11 is 10.7. The van der Waals surface area contributed by atoms with Gasteiger partial charge in [-0.25, -0.2) is 0 Å². The lowest BCUT2D eigenvalue weighted by Gasteiger charge is -2.32. The first-order chi connectivity index (χ1) is 58.2. The second-order valence-electron chi connectivity index (χ2n) is 29.7. The zero-order chi connectivity index (χ0) is 79.0. The SMILES string of the molecule is Brc1ccc(-c2ccc(N(c3ccccc3)c3ccc4c(c3)C3(c5ccccc5-c5ccccc53)c3ccccc3-4)cc2)cc1.Brc1ccc(N(c2ccc(-c3cccc4ccccc34)nc2)c2cccc3ccccc23)cc1.Brc1ccc2c(c1)oc1cc(N(c3cccc(-c4ccccc4)c3)c3cccc(-c4ccccc4)c3)ccc12. The predicted molar refractivity (Wildman–Crippen MR) is 505 cm³/mol. The summed E-state index contributed by atoms with van der Waals surface area (Å²) in [5.74, 6) is 0. The molecule has 18 aromatic carbocycles. The summed E-state index contributed by atoms with van der Waals surface area (Å²) in [4.78, 5) is 11.9. The van der Waals surface area contributed by atoms with E-state index in [2.05, 4.69) is 493 Å². The Hall–Kier alpha value is -13.7. The van der Waals surface area contributed by atoms with E-state index in [1.165, 1.54) is 99.4 Å². The topological polar surface area (TPSA) is 35.8 Å². The monoisotopic (exact) mass is 1700 g/mol. The second-order valence-corrected chi connectivity index (χ2v) is 32.4. The van der Waals surface area contributed by atoms with E-state index in [1.54, 1.807) is 0 Å². The zero-order valence-electron chi connectivity index (χ0n) is 64.0. The van der Waals surface area contributed by atoms with Gasteiger partial charge in [0, 0.05) is 81.0 Å².